The molecule has 0 radical (unpaired) electrons. The van der Waals surface area contributed by atoms with Gasteiger partial charge in [-0.1, -0.05) is 0 Å². The monoisotopic (exact) mass is 318 g/mol. The first kappa shape index (κ1) is 9.37. The van der Waals surface area contributed by atoms with Crippen LogP contribution in [0.4, 0.5) is 0 Å². The highest BCUT2D eigenvalue weighted by molar-refractivity contribution is 9.11. The summed E-state index contributed by atoms with van der Waals surface area (Å²) in [5, 5.41) is 3.10. The van der Waals surface area contributed by atoms with Gasteiger partial charge in [-0.3, -0.25) is 4.79 Å². The van der Waals surface area contributed by atoms with Gasteiger partial charge in [0, 0.05) is 30.0 Å². The van der Waals surface area contributed by atoms with Crippen LogP contribution in [-0.4, -0.2) is 6.29 Å². The maximum Gasteiger partial charge on any atom is 0.150 e. The third kappa shape index (κ3) is 1.58. The first-order valence-corrected chi connectivity index (χ1v) is 6.00. The first-order valence-electron chi connectivity index (χ1n) is 3.54. The Balaban J connectivity index is 2.87. The zero-order chi connectivity index (χ0) is 9.42. The van der Waals surface area contributed by atoms with Gasteiger partial charge in [-0.2, -0.15) is 0 Å². The van der Waals surface area contributed by atoms with Crippen molar-refractivity contribution in [2.75, 3.05) is 0 Å². The van der Waals surface area contributed by atoms with Gasteiger partial charge in [-0.05, 0) is 44.0 Å². The van der Waals surface area contributed by atoms with Crippen molar-refractivity contribution in [2.24, 2.45) is 0 Å². The van der Waals surface area contributed by atoms with Crippen molar-refractivity contribution in [3.05, 3.63) is 32.0 Å². The van der Waals surface area contributed by atoms with Crippen LogP contribution in [0, 0.1) is 0 Å². The minimum Gasteiger partial charge on any atom is -0.298 e. The molecule has 1 nitrogen and oxygen atoms in total. The highest BCUT2D eigenvalue weighted by Crippen LogP contribution is 2.35. The lowest BCUT2D eigenvalue weighted by atomic mass is 10.2. The van der Waals surface area contributed by atoms with E-state index in [0.29, 0.717) is 5.56 Å². The molecule has 0 aliphatic heterocycles. The number of benzene rings is 1. The number of rotatable bonds is 1. The Kier molecular flexibility index (Phi) is 2.53. The van der Waals surface area contributed by atoms with E-state index in [9.17, 15) is 4.79 Å². The Morgan fingerprint density at radius 2 is 2.00 bits per heavy atom. The van der Waals surface area contributed by atoms with Crippen LogP contribution in [0.15, 0.2) is 26.5 Å². The van der Waals surface area contributed by atoms with E-state index in [1.165, 1.54) is 0 Å². The number of hydrogen-bond acceptors (Lipinski definition) is 2. The molecular formula is C9H4Br2OS. The molecule has 0 saturated heterocycles. The van der Waals surface area contributed by atoms with Gasteiger partial charge in [0.05, 0.1) is 0 Å². The molecule has 4 heteroatoms. The van der Waals surface area contributed by atoms with Crippen molar-refractivity contribution < 1.29 is 4.79 Å². The quantitative estimate of drug-likeness (QED) is 0.719. The van der Waals surface area contributed by atoms with Crippen LogP contribution < -0.4 is 0 Å². The normalized spacial score (nSPS) is 10.6. The molecule has 0 spiro atoms. The van der Waals surface area contributed by atoms with Crippen LogP contribution in [0.5, 0.6) is 0 Å². The van der Waals surface area contributed by atoms with Crippen LogP contribution >= 0.6 is 43.2 Å². The van der Waals surface area contributed by atoms with Crippen LogP contribution in [0.25, 0.3) is 10.1 Å². The van der Waals surface area contributed by atoms with E-state index in [0.717, 1.165) is 25.3 Å². The van der Waals surface area contributed by atoms with Gasteiger partial charge in [0.1, 0.15) is 6.29 Å². The second kappa shape index (κ2) is 3.52. The molecule has 1 aromatic carbocycles. The predicted molar refractivity (Wildman–Crippen MR) is 62.6 cm³/mol. The van der Waals surface area contributed by atoms with Crippen molar-refractivity contribution in [3.63, 3.8) is 0 Å². The second-order valence-electron chi connectivity index (χ2n) is 2.58. The molecule has 13 heavy (non-hydrogen) atoms. The molecule has 0 unspecified atom stereocenters. The molecule has 0 bridgehead atoms. The molecule has 1 aromatic heterocycles. The van der Waals surface area contributed by atoms with Crippen LogP contribution in [0.2, 0.25) is 0 Å². The SMILES string of the molecule is O=Cc1cc(Br)c2scc(Br)c2c1. The zero-order valence-electron chi connectivity index (χ0n) is 6.38. The summed E-state index contributed by atoms with van der Waals surface area (Å²) in [6, 6.07) is 3.71. The van der Waals surface area contributed by atoms with E-state index in [1.54, 1.807) is 11.3 Å². The maximum absolute atomic E-state index is 10.6. The number of fused-ring (bicyclic) bond motifs is 1. The van der Waals surface area contributed by atoms with E-state index >= 15 is 0 Å². The van der Waals surface area contributed by atoms with Crippen LogP contribution in [-0.2, 0) is 0 Å². The largest absolute Gasteiger partial charge is 0.298 e. The fraction of sp³-hybridized carbons (Fsp3) is 0. The minimum atomic E-state index is 0.693. The van der Waals surface area contributed by atoms with E-state index in [1.807, 2.05) is 17.5 Å². The van der Waals surface area contributed by atoms with Gasteiger partial charge in [-0.25, -0.2) is 0 Å². The molecule has 66 valence electrons. The number of carbonyl (C=O) groups is 1. The molecule has 0 aliphatic carbocycles. The Hall–Kier alpha value is -0.190. The maximum atomic E-state index is 10.6. The smallest absolute Gasteiger partial charge is 0.150 e. The molecule has 0 aliphatic rings. The molecule has 0 amide bonds. The summed E-state index contributed by atoms with van der Waals surface area (Å²) in [4.78, 5) is 10.6. The summed E-state index contributed by atoms with van der Waals surface area (Å²) >= 11 is 8.52. The van der Waals surface area contributed by atoms with Crippen molar-refractivity contribution in [3.8, 4) is 0 Å². The van der Waals surface area contributed by atoms with E-state index in [4.69, 9.17) is 0 Å². The number of aldehydes is 1. The highest BCUT2D eigenvalue weighted by Gasteiger charge is 2.06. The Labute approximate surface area is 96.0 Å². The molecule has 1 heterocycles. The second-order valence-corrected chi connectivity index (χ2v) is 5.17. The van der Waals surface area contributed by atoms with Crippen molar-refractivity contribution in [2.45, 2.75) is 0 Å². The summed E-state index contributed by atoms with van der Waals surface area (Å²) in [6.07, 6.45) is 0.855. The van der Waals surface area contributed by atoms with Crippen molar-refractivity contribution in [1.82, 2.24) is 0 Å². The predicted octanol–water partition coefficient (Wildman–Crippen LogP) is 4.24. The van der Waals surface area contributed by atoms with Gasteiger partial charge in [0.15, 0.2) is 0 Å². The number of hydrogen-bond donors (Lipinski definition) is 0. The van der Waals surface area contributed by atoms with E-state index < -0.39 is 0 Å². The first-order chi connectivity index (χ1) is 6.22. The summed E-state index contributed by atoms with van der Waals surface area (Å²) in [6.45, 7) is 0. The number of halogens is 2. The van der Waals surface area contributed by atoms with Crippen LogP contribution in [0.1, 0.15) is 10.4 Å². The topological polar surface area (TPSA) is 17.1 Å². The molecule has 0 atom stereocenters. The minimum absolute atomic E-state index is 0.693. The lowest BCUT2D eigenvalue weighted by molar-refractivity contribution is 0.112. The molecule has 0 saturated carbocycles. The Morgan fingerprint density at radius 3 is 2.69 bits per heavy atom. The van der Waals surface area contributed by atoms with Crippen LogP contribution in [0.3, 0.4) is 0 Å². The summed E-state index contributed by atoms with van der Waals surface area (Å²) < 4.78 is 3.18. The molecule has 2 rings (SSSR count). The lowest BCUT2D eigenvalue weighted by Gasteiger charge is -1.96. The zero-order valence-corrected chi connectivity index (χ0v) is 10.4. The standard InChI is InChI=1S/C9H4Br2OS/c10-7-2-5(3-12)1-6-8(11)4-13-9(6)7/h1-4H. The van der Waals surface area contributed by atoms with Gasteiger partial charge in [-0.15, -0.1) is 11.3 Å². The molecule has 0 N–H and O–H groups in total. The van der Waals surface area contributed by atoms with Gasteiger partial charge >= 0.3 is 0 Å². The third-order valence-electron chi connectivity index (χ3n) is 1.74. The van der Waals surface area contributed by atoms with Gasteiger partial charge in [0.25, 0.3) is 0 Å². The Morgan fingerprint density at radius 1 is 1.23 bits per heavy atom. The summed E-state index contributed by atoms with van der Waals surface area (Å²) in [5.74, 6) is 0. The Bertz CT molecular complexity index is 476. The van der Waals surface area contributed by atoms with Crippen molar-refractivity contribution >= 4 is 59.6 Å². The average molecular weight is 320 g/mol. The fourth-order valence-electron chi connectivity index (χ4n) is 1.15. The molecule has 0 fully saturated rings. The summed E-state index contributed by atoms with van der Waals surface area (Å²) in [7, 11) is 0. The van der Waals surface area contributed by atoms with Gasteiger partial charge in [0.2, 0.25) is 0 Å². The van der Waals surface area contributed by atoms with Crippen molar-refractivity contribution in [1.29, 1.82) is 0 Å². The molecular weight excluding hydrogens is 316 g/mol. The molecule has 2 aromatic rings. The average Bonchev–Trinajstić information content (AvgIpc) is 2.48. The highest BCUT2D eigenvalue weighted by atomic mass is 79.9. The van der Waals surface area contributed by atoms with E-state index in [2.05, 4.69) is 31.9 Å². The van der Waals surface area contributed by atoms with E-state index in [-0.39, 0.29) is 0 Å². The third-order valence-corrected chi connectivity index (χ3v) is 4.62. The lowest BCUT2D eigenvalue weighted by Crippen LogP contribution is -1.79. The van der Waals surface area contributed by atoms with Gasteiger partial charge < -0.3 is 0 Å². The fourth-order valence-corrected chi connectivity index (χ4v) is 3.45. The number of carbonyl (C=O) groups excluding carboxylic acids is 1. The number of thiophene rings is 1. The summed E-state index contributed by atoms with van der Waals surface area (Å²) in [5.41, 5.74) is 0.693.